The summed E-state index contributed by atoms with van der Waals surface area (Å²) >= 11 is 1.90. The zero-order valence-corrected chi connectivity index (χ0v) is 10.7. The van der Waals surface area contributed by atoms with Gasteiger partial charge in [0.15, 0.2) is 0 Å². The minimum atomic E-state index is -0.0641. The topological polar surface area (TPSA) is 76.8 Å². The molecule has 1 aliphatic rings. The van der Waals surface area contributed by atoms with E-state index < -0.39 is 0 Å². The van der Waals surface area contributed by atoms with Crippen LogP contribution in [0, 0.1) is 10.8 Å². The van der Waals surface area contributed by atoms with Crippen molar-refractivity contribution in [3.05, 3.63) is 0 Å². The van der Waals surface area contributed by atoms with Crippen LogP contribution in [0.2, 0.25) is 0 Å². The second kappa shape index (κ2) is 4.04. The van der Waals surface area contributed by atoms with E-state index in [0.29, 0.717) is 0 Å². The fourth-order valence-electron chi connectivity index (χ4n) is 1.81. The number of hydrogen-bond acceptors (Lipinski definition) is 5. The molecule has 0 atom stereocenters. The molecule has 0 aliphatic carbocycles. The number of nitrogens with zero attached hydrogens (tertiary/aromatic N) is 2. The van der Waals surface area contributed by atoms with Gasteiger partial charge in [0.2, 0.25) is 0 Å². The van der Waals surface area contributed by atoms with Crippen LogP contribution in [0.25, 0.3) is 0 Å². The lowest BCUT2D eigenvalue weighted by Crippen LogP contribution is -2.40. The van der Waals surface area contributed by atoms with Gasteiger partial charge in [0.05, 0.1) is 11.4 Å². The van der Waals surface area contributed by atoms with Crippen molar-refractivity contribution in [2.45, 2.75) is 27.7 Å². The first kappa shape index (κ1) is 12.4. The first-order chi connectivity index (χ1) is 6.85. The van der Waals surface area contributed by atoms with Crippen molar-refractivity contribution in [2.75, 3.05) is 11.5 Å². The van der Waals surface area contributed by atoms with E-state index in [1.807, 2.05) is 11.8 Å². The van der Waals surface area contributed by atoms with Gasteiger partial charge in [-0.2, -0.15) is 22.0 Å². The zero-order chi connectivity index (χ0) is 11.7. The quantitative estimate of drug-likeness (QED) is 0.486. The van der Waals surface area contributed by atoms with Gasteiger partial charge < -0.3 is 11.7 Å². The van der Waals surface area contributed by atoms with Crippen LogP contribution < -0.4 is 11.7 Å². The van der Waals surface area contributed by atoms with E-state index in [2.05, 4.69) is 37.9 Å². The minimum absolute atomic E-state index is 0.0641. The van der Waals surface area contributed by atoms with E-state index >= 15 is 0 Å². The second-order valence-corrected chi connectivity index (χ2v) is 6.20. The van der Waals surface area contributed by atoms with E-state index in [1.54, 1.807) is 0 Å². The SMILES string of the molecule is CC1(C)CSCC(C)(C)C(=N\N)/C1=N\N. The molecule has 0 saturated carbocycles. The largest absolute Gasteiger partial charge is 0.323 e. The summed E-state index contributed by atoms with van der Waals surface area (Å²) in [6.45, 7) is 8.49. The van der Waals surface area contributed by atoms with Crippen LogP contribution in [0.3, 0.4) is 0 Å². The molecule has 1 fully saturated rings. The predicted molar refractivity (Wildman–Crippen MR) is 68.1 cm³/mol. The molecule has 0 radical (unpaired) electrons. The third-order valence-electron chi connectivity index (χ3n) is 2.69. The van der Waals surface area contributed by atoms with Gasteiger partial charge in [-0.3, -0.25) is 0 Å². The Hall–Kier alpha value is -0.710. The van der Waals surface area contributed by atoms with Crippen molar-refractivity contribution in [1.29, 1.82) is 0 Å². The second-order valence-electron chi connectivity index (χ2n) is 5.22. The molecule has 86 valence electrons. The van der Waals surface area contributed by atoms with Gasteiger partial charge in [0.25, 0.3) is 0 Å². The monoisotopic (exact) mass is 228 g/mol. The number of rotatable bonds is 0. The van der Waals surface area contributed by atoms with Crippen LogP contribution in [0.5, 0.6) is 0 Å². The van der Waals surface area contributed by atoms with Crippen molar-refractivity contribution in [3.63, 3.8) is 0 Å². The van der Waals surface area contributed by atoms with Crippen LogP contribution in [0.1, 0.15) is 27.7 Å². The molecule has 4 nitrogen and oxygen atoms in total. The van der Waals surface area contributed by atoms with Gasteiger partial charge in [0.1, 0.15) is 0 Å². The highest BCUT2D eigenvalue weighted by Gasteiger charge is 2.40. The lowest BCUT2D eigenvalue weighted by molar-refractivity contribution is 0.593. The summed E-state index contributed by atoms with van der Waals surface area (Å²) in [4.78, 5) is 0. The molecule has 0 amide bonds. The molecule has 0 bridgehead atoms. The van der Waals surface area contributed by atoms with Gasteiger partial charge in [-0.25, -0.2) is 0 Å². The Kier molecular flexibility index (Phi) is 3.33. The standard InChI is InChI=1S/C10H20N4S/c1-9(2)5-15-6-10(3,4)8(14-12)7(9)13-11/h5-6,11-12H2,1-4H3/b13-7-,14-8+. The number of nitrogens with two attached hydrogens (primary N) is 2. The van der Waals surface area contributed by atoms with Crippen molar-refractivity contribution in [2.24, 2.45) is 32.7 Å². The van der Waals surface area contributed by atoms with Crippen molar-refractivity contribution in [3.8, 4) is 0 Å². The van der Waals surface area contributed by atoms with Crippen LogP contribution in [0.4, 0.5) is 0 Å². The van der Waals surface area contributed by atoms with Crippen LogP contribution in [0.15, 0.2) is 10.2 Å². The molecule has 0 unspecified atom stereocenters. The zero-order valence-electron chi connectivity index (χ0n) is 9.87. The number of hydrazone groups is 2. The molecule has 1 rings (SSSR count). The Labute approximate surface area is 95.6 Å². The Bertz CT molecular complexity index is 275. The summed E-state index contributed by atoms with van der Waals surface area (Å²) in [5.41, 5.74) is 1.54. The fourth-order valence-corrected chi connectivity index (χ4v) is 3.21. The summed E-state index contributed by atoms with van der Waals surface area (Å²) in [7, 11) is 0. The van der Waals surface area contributed by atoms with E-state index in [9.17, 15) is 0 Å². The Morgan fingerprint density at radius 3 is 1.53 bits per heavy atom. The summed E-state index contributed by atoms with van der Waals surface area (Å²) in [5.74, 6) is 12.9. The highest BCUT2D eigenvalue weighted by molar-refractivity contribution is 7.99. The molecular formula is C10H20N4S. The molecule has 0 aromatic carbocycles. The maximum absolute atomic E-state index is 5.48. The van der Waals surface area contributed by atoms with Crippen LogP contribution >= 0.6 is 11.8 Å². The van der Waals surface area contributed by atoms with Crippen LogP contribution in [-0.4, -0.2) is 22.9 Å². The summed E-state index contributed by atoms with van der Waals surface area (Å²) < 4.78 is 0. The first-order valence-electron chi connectivity index (χ1n) is 5.00. The molecule has 0 spiro atoms. The van der Waals surface area contributed by atoms with Gasteiger partial charge in [-0.1, -0.05) is 27.7 Å². The van der Waals surface area contributed by atoms with E-state index in [-0.39, 0.29) is 10.8 Å². The van der Waals surface area contributed by atoms with E-state index in [4.69, 9.17) is 11.7 Å². The Balaban J connectivity index is 3.24. The summed E-state index contributed by atoms with van der Waals surface area (Å²) in [6.07, 6.45) is 0. The van der Waals surface area contributed by atoms with Crippen molar-refractivity contribution in [1.82, 2.24) is 0 Å². The van der Waals surface area contributed by atoms with Crippen molar-refractivity contribution >= 4 is 23.2 Å². The van der Waals surface area contributed by atoms with E-state index in [1.165, 1.54) is 0 Å². The maximum Gasteiger partial charge on any atom is 0.0902 e. The van der Waals surface area contributed by atoms with Gasteiger partial charge in [-0.15, -0.1) is 0 Å². The fraction of sp³-hybridized carbons (Fsp3) is 0.800. The molecule has 1 aliphatic heterocycles. The van der Waals surface area contributed by atoms with E-state index in [0.717, 1.165) is 22.9 Å². The molecule has 0 aromatic heterocycles. The third kappa shape index (κ3) is 2.27. The molecule has 4 N–H and O–H groups in total. The molecule has 1 heterocycles. The lowest BCUT2D eigenvalue weighted by Gasteiger charge is -2.27. The summed E-state index contributed by atoms with van der Waals surface area (Å²) in [5, 5.41) is 7.80. The van der Waals surface area contributed by atoms with Gasteiger partial charge in [-0.05, 0) is 0 Å². The van der Waals surface area contributed by atoms with Gasteiger partial charge >= 0.3 is 0 Å². The lowest BCUT2D eigenvalue weighted by atomic mass is 9.77. The maximum atomic E-state index is 5.48. The molecular weight excluding hydrogens is 208 g/mol. The van der Waals surface area contributed by atoms with Gasteiger partial charge in [0, 0.05) is 22.3 Å². The average Bonchev–Trinajstić information content (AvgIpc) is 2.19. The Morgan fingerprint density at radius 2 is 1.27 bits per heavy atom. The highest BCUT2D eigenvalue weighted by Crippen LogP contribution is 2.36. The number of hydrogen-bond donors (Lipinski definition) is 2. The van der Waals surface area contributed by atoms with Crippen LogP contribution in [-0.2, 0) is 0 Å². The summed E-state index contributed by atoms with van der Waals surface area (Å²) in [6, 6.07) is 0. The average molecular weight is 228 g/mol. The molecule has 0 aromatic rings. The molecule has 5 heteroatoms. The normalized spacial score (nSPS) is 30.4. The third-order valence-corrected chi connectivity index (χ3v) is 4.54. The molecule has 1 saturated heterocycles. The highest BCUT2D eigenvalue weighted by atomic mass is 32.2. The predicted octanol–water partition coefficient (Wildman–Crippen LogP) is 1.42. The smallest absolute Gasteiger partial charge is 0.0902 e. The van der Waals surface area contributed by atoms with Crippen molar-refractivity contribution < 1.29 is 0 Å². The first-order valence-corrected chi connectivity index (χ1v) is 6.15. The Morgan fingerprint density at radius 1 is 0.933 bits per heavy atom. The molecule has 15 heavy (non-hydrogen) atoms. The minimum Gasteiger partial charge on any atom is -0.323 e. The number of thioether (sulfide) groups is 1.